The summed E-state index contributed by atoms with van der Waals surface area (Å²) in [4.78, 5) is 26.2. The van der Waals surface area contributed by atoms with Crippen molar-refractivity contribution in [3.05, 3.63) is 64.6 Å². The van der Waals surface area contributed by atoms with E-state index < -0.39 is 17.9 Å². The predicted octanol–water partition coefficient (Wildman–Crippen LogP) is 3.82. The van der Waals surface area contributed by atoms with Gasteiger partial charge in [-0.1, -0.05) is 60.4 Å². The third-order valence-electron chi connectivity index (χ3n) is 4.01. The van der Waals surface area contributed by atoms with Gasteiger partial charge in [-0.25, -0.2) is 4.79 Å². The number of ether oxygens (including phenoxy) is 1. The molecule has 2 aromatic carbocycles. The summed E-state index contributed by atoms with van der Waals surface area (Å²) < 4.78 is 5.53. The lowest BCUT2D eigenvalue weighted by molar-refractivity contribution is -0.145. The second-order valence-electron chi connectivity index (χ2n) is 5.86. The number of carbonyl (C=O) groups is 2. The number of aliphatic carboxylic acids is 1. The third kappa shape index (κ3) is 4.02. The average molecular weight is 415 g/mol. The molecule has 1 saturated heterocycles. The molecule has 1 aliphatic rings. The SMILES string of the molecule is CCOc1cc(/C=C2/SC(=S)N([C@H](C(=O)O)c3ccccc3)C2=O)ccc1O. The number of hydrogen-bond donors (Lipinski definition) is 2. The number of amides is 1. The Morgan fingerprint density at radius 3 is 2.64 bits per heavy atom. The topological polar surface area (TPSA) is 87.1 Å². The zero-order valence-corrected chi connectivity index (χ0v) is 16.5. The number of nitrogens with zero attached hydrogens (tertiary/aromatic N) is 1. The number of carboxylic acids is 1. The van der Waals surface area contributed by atoms with Crippen molar-refractivity contribution in [2.45, 2.75) is 13.0 Å². The fourth-order valence-corrected chi connectivity index (χ4v) is 4.10. The van der Waals surface area contributed by atoms with Gasteiger partial charge in [-0.2, -0.15) is 0 Å². The molecule has 2 N–H and O–H groups in total. The summed E-state index contributed by atoms with van der Waals surface area (Å²) in [5, 5.41) is 19.5. The van der Waals surface area contributed by atoms with Gasteiger partial charge in [-0.3, -0.25) is 9.69 Å². The molecule has 144 valence electrons. The zero-order valence-electron chi connectivity index (χ0n) is 14.9. The van der Waals surface area contributed by atoms with Gasteiger partial charge in [0.2, 0.25) is 0 Å². The van der Waals surface area contributed by atoms with E-state index in [2.05, 4.69) is 0 Å². The van der Waals surface area contributed by atoms with Crippen molar-refractivity contribution in [2.75, 3.05) is 6.61 Å². The number of hydrogen-bond acceptors (Lipinski definition) is 6. The first-order valence-corrected chi connectivity index (χ1v) is 9.65. The van der Waals surface area contributed by atoms with Crippen LogP contribution < -0.4 is 4.74 Å². The van der Waals surface area contributed by atoms with Crippen LogP contribution in [0.5, 0.6) is 11.5 Å². The number of thiocarbonyl (C=S) groups is 1. The summed E-state index contributed by atoms with van der Waals surface area (Å²) in [7, 11) is 0. The van der Waals surface area contributed by atoms with Crippen molar-refractivity contribution < 1.29 is 24.5 Å². The van der Waals surface area contributed by atoms with E-state index in [4.69, 9.17) is 17.0 Å². The minimum Gasteiger partial charge on any atom is -0.504 e. The number of carboxylic acid groups (broad SMARTS) is 1. The van der Waals surface area contributed by atoms with Gasteiger partial charge >= 0.3 is 5.97 Å². The van der Waals surface area contributed by atoms with Gasteiger partial charge in [0.15, 0.2) is 17.5 Å². The minimum absolute atomic E-state index is 0.00145. The predicted molar refractivity (Wildman–Crippen MR) is 111 cm³/mol. The lowest BCUT2D eigenvalue weighted by Crippen LogP contribution is -2.37. The number of phenols is 1. The number of thioether (sulfide) groups is 1. The van der Waals surface area contributed by atoms with E-state index in [1.54, 1.807) is 55.5 Å². The molecular formula is C20H17NO5S2. The van der Waals surface area contributed by atoms with Crippen LogP contribution in [0, 0.1) is 0 Å². The largest absolute Gasteiger partial charge is 0.504 e. The van der Waals surface area contributed by atoms with Crippen LogP contribution >= 0.6 is 24.0 Å². The quantitative estimate of drug-likeness (QED) is 0.548. The molecule has 1 amide bonds. The van der Waals surface area contributed by atoms with E-state index in [9.17, 15) is 19.8 Å². The summed E-state index contributed by atoms with van der Waals surface area (Å²) in [6.07, 6.45) is 1.60. The Hall–Kier alpha value is -2.84. The lowest BCUT2D eigenvalue weighted by Gasteiger charge is -2.23. The molecule has 6 nitrogen and oxygen atoms in total. The smallest absolute Gasteiger partial charge is 0.331 e. The van der Waals surface area contributed by atoms with Gasteiger partial charge < -0.3 is 14.9 Å². The van der Waals surface area contributed by atoms with Crippen LogP contribution in [0.3, 0.4) is 0 Å². The number of rotatable bonds is 6. The molecule has 0 saturated carbocycles. The van der Waals surface area contributed by atoms with Gasteiger partial charge in [0, 0.05) is 0 Å². The summed E-state index contributed by atoms with van der Waals surface area (Å²) >= 11 is 6.34. The maximum atomic E-state index is 12.9. The van der Waals surface area contributed by atoms with E-state index in [1.807, 2.05) is 0 Å². The summed E-state index contributed by atoms with van der Waals surface area (Å²) in [5.74, 6) is -1.33. The number of aromatic hydroxyl groups is 1. The fraction of sp³-hybridized carbons (Fsp3) is 0.150. The average Bonchev–Trinajstić information content (AvgIpc) is 2.93. The van der Waals surface area contributed by atoms with Gasteiger partial charge in [0.05, 0.1) is 11.5 Å². The van der Waals surface area contributed by atoms with E-state index in [-0.39, 0.29) is 10.1 Å². The maximum absolute atomic E-state index is 12.9. The van der Waals surface area contributed by atoms with Crippen molar-refractivity contribution in [3.8, 4) is 11.5 Å². The molecule has 0 bridgehead atoms. The van der Waals surface area contributed by atoms with E-state index in [0.717, 1.165) is 16.7 Å². The van der Waals surface area contributed by atoms with Gasteiger partial charge in [-0.15, -0.1) is 0 Å². The highest BCUT2D eigenvalue weighted by molar-refractivity contribution is 8.26. The summed E-state index contributed by atoms with van der Waals surface area (Å²) in [6.45, 7) is 2.18. The van der Waals surface area contributed by atoms with Crippen molar-refractivity contribution in [1.82, 2.24) is 4.90 Å². The van der Waals surface area contributed by atoms with Gasteiger partial charge in [-0.05, 0) is 36.3 Å². The molecule has 0 radical (unpaired) electrons. The summed E-state index contributed by atoms with van der Waals surface area (Å²) in [6, 6.07) is 12.0. The van der Waals surface area contributed by atoms with Crippen molar-refractivity contribution in [2.24, 2.45) is 0 Å². The standard InChI is InChI=1S/C20H17NO5S2/c1-2-26-15-10-12(8-9-14(15)22)11-16-18(23)21(20(27)28-16)17(19(24)25)13-6-4-3-5-7-13/h3-11,17,22H,2H2,1H3,(H,24,25)/b16-11+/t17-/m0/s1. The Bertz CT molecular complexity index is 958. The molecule has 1 heterocycles. The van der Waals surface area contributed by atoms with Gasteiger partial charge in [0.1, 0.15) is 4.32 Å². The van der Waals surface area contributed by atoms with Crippen LogP contribution in [0.15, 0.2) is 53.4 Å². The molecule has 3 rings (SSSR count). The fourth-order valence-electron chi connectivity index (χ4n) is 2.78. The number of phenolic OH excluding ortho intramolecular Hbond substituents is 1. The van der Waals surface area contributed by atoms with Crippen molar-refractivity contribution >= 4 is 46.3 Å². The molecule has 1 fully saturated rings. The van der Waals surface area contributed by atoms with E-state index in [0.29, 0.717) is 28.4 Å². The molecule has 1 aliphatic heterocycles. The normalized spacial score (nSPS) is 16.5. The first kappa shape index (κ1) is 19.9. The van der Waals surface area contributed by atoms with E-state index in [1.165, 1.54) is 6.07 Å². The van der Waals surface area contributed by atoms with Crippen LogP contribution in [-0.4, -0.2) is 37.9 Å². The first-order valence-electron chi connectivity index (χ1n) is 8.43. The maximum Gasteiger partial charge on any atom is 0.331 e. The molecule has 0 unspecified atom stereocenters. The highest BCUT2D eigenvalue weighted by Gasteiger charge is 2.41. The Kier molecular flexibility index (Phi) is 6.01. The third-order valence-corrected chi connectivity index (χ3v) is 5.34. The van der Waals surface area contributed by atoms with E-state index >= 15 is 0 Å². The zero-order chi connectivity index (χ0) is 20.3. The van der Waals surface area contributed by atoms with Crippen molar-refractivity contribution in [1.29, 1.82) is 0 Å². The van der Waals surface area contributed by atoms with Crippen LogP contribution in [-0.2, 0) is 9.59 Å². The lowest BCUT2D eigenvalue weighted by atomic mass is 10.1. The number of carbonyl (C=O) groups excluding carboxylic acids is 1. The monoisotopic (exact) mass is 415 g/mol. The molecule has 0 aromatic heterocycles. The molecule has 0 aliphatic carbocycles. The van der Waals surface area contributed by atoms with Gasteiger partial charge in [0.25, 0.3) is 5.91 Å². The van der Waals surface area contributed by atoms with Crippen LogP contribution in [0.1, 0.15) is 24.1 Å². The Balaban J connectivity index is 1.94. The van der Waals surface area contributed by atoms with Crippen LogP contribution in [0.4, 0.5) is 0 Å². The minimum atomic E-state index is -1.20. The second kappa shape index (κ2) is 8.45. The highest BCUT2D eigenvalue weighted by atomic mass is 32.2. The Labute approximate surface area is 171 Å². The van der Waals surface area contributed by atoms with Crippen LogP contribution in [0.25, 0.3) is 6.08 Å². The molecule has 0 spiro atoms. The Morgan fingerprint density at radius 2 is 2.00 bits per heavy atom. The number of benzene rings is 2. The molecule has 8 heteroatoms. The summed E-state index contributed by atoms with van der Waals surface area (Å²) in [5.41, 5.74) is 1.10. The molecule has 28 heavy (non-hydrogen) atoms. The van der Waals surface area contributed by atoms with Crippen LogP contribution in [0.2, 0.25) is 0 Å². The van der Waals surface area contributed by atoms with Crippen molar-refractivity contribution in [3.63, 3.8) is 0 Å². The first-order chi connectivity index (χ1) is 13.4. The molecule has 2 aromatic rings. The second-order valence-corrected chi connectivity index (χ2v) is 7.54. The molecular weight excluding hydrogens is 398 g/mol. The Morgan fingerprint density at radius 1 is 1.29 bits per heavy atom. The highest BCUT2D eigenvalue weighted by Crippen LogP contribution is 2.39. The molecule has 1 atom stereocenters.